The van der Waals surface area contributed by atoms with Gasteiger partial charge >= 0.3 is 0 Å². The number of hydrogen-bond donors (Lipinski definition) is 1. The predicted molar refractivity (Wildman–Crippen MR) is 80.0 cm³/mol. The molecule has 102 valence electrons. The van der Waals surface area contributed by atoms with Crippen molar-refractivity contribution in [2.75, 3.05) is 0 Å². The van der Waals surface area contributed by atoms with Gasteiger partial charge in [-0.1, -0.05) is 29.4 Å². The van der Waals surface area contributed by atoms with E-state index in [0.717, 1.165) is 15.6 Å². The van der Waals surface area contributed by atoms with Crippen LogP contribution in [0.3, 0.4) is 0 Å². The molecule has 0 atom stereocenters. The van der Waals surface area contributed by atoms with Crippen LogP contribution in [0.2, 0.25) is 0 Å². The molecular weight excluding hydrogens is 286 g/mol. The summed E-state index contributed by atoms with van der Waals surface area (Å²) in [6.07, 6.45) is 1.68. The lowest BCUT2D eigenvalue weighted by Crippen LogP contribution is -1.81. The van der Waals surface area contributed by atoms with E-state index in [1.54, 1.807) is 17.8 Å². The van der Waals surface area contributed by atoms with E-state index in [4.69, 9.17) is 4.52 Å². The van der Waals surface area contributed by atoms with Crippen molar-refractivity contribution in [3.05, 3.63) is 48.1 Å². The topological polar surface area (TPSA) is 72.0 Å². The van der Waals surface area contributed by atoms with Crippen LogP contribution < -0.4 is 0 Å². The summed E-state index contributed by atoms with van der Waals surface area (Å²) < 4.78 is 5.26. The SMILES string of the molecule is Oc1cc2ccccc2cc1-c1nc(-c2cncs2)no1. The number of thiazole rings is 1. The molecule has 2 aromatic heterocycles. The molecule has 0 saturated heterocycles. The number of fused-ring (bicyclic) bond motifs is 1. The van der Waals surface area contributed by atoms with Crippen LogP contribution >= 0.6 is 11.3 Å². The van der Waals surface area contributed by atoms with Crippen LogP contribution in [0.15, 0.2) is 52.6 Å². The summed E-state index contributed by atoms with van der Waals surface area (Å²) in [5, 5.41) is 16.1. The Morgan fingerprint density at radius 2 is 1.90 bits per heavy atom. The summed E-state index contributed by atoms with van der Waals surface area (Å²) in [6, 6.07) is 11.3. The van der Waals surface area contributed by atoms with Crippen LogP contribution in [0, 0.1) is 0 Å². The van der Waals surface area contributed by atoms with E-state index in [2.05, 4.69) is 15.1 Å². The van der Waals surface area contributed by atoms with Crippen molar-refractivity contribution in [1.29, 1.82) is 0 Å². The molecule has 6 heteroatoms. The van der Waals surface area contributed by atoms with Gasteiger partial charge in [-0.05, 0) is 22.9 Å². The Labute approximate surface area is 123 Å². The molecule has 2 aromatic carbocycles. The number of benzene rings is 2. The molecule has 0 unspecified atom stereocenters. The predicted octanol–water partition coefficient (Wildman–Crippen LogP) is 3.72. The summed E-state index contributed by atoms with van der Waals surface area (Å²) in [5.74, 6) is 0.884. The zero-order valence-corrected chi connectivity index (χ0v) is 11.5. The highest BCUT2D eigenvalue weighted by Gasteiger charge is 2.15. The second kappa shape index (κ2) is 4.68. The van der Waals surface area contributed by atoms with Crippen molar-refractivity contribution in [3.63, 3.8) is 0 Å². The largest absolute Gasteiger partial charge is 0.507 e. The minimum absolute atomic E-state index is 0.119. The molecule has 2 heterocycles. The third-order valence-corrected chi connectivity index (χ3v) is 3.94. The van der Waals surface area contributed by atoms with Crippen molar-refractivity contribution >= 4 is 22.1 Å². The zero-order valence-electron chi connectivity index (χ0n) is 10.7. The maximum absolute atomic E-state index is 10.2. The van der Waals surface area contributed by atoms with E-state index in [9.17, 15) is 5.11 Å². The highest BCUT2D eigenvalue weighted by Crippen LogP contribution is 2.33. The van der Waals surface area contributed by atoms with E-state index >= 15 is 0 Å². The number of rotatable bonds is 2. The molecule has 1 N–H and O–H groups in total. The fourth-order valence-electron chi connectivity index (χ4n) is 2.16. The lowest BCUT2D eigenvalue weighted by Gasteiger charge is -2.02. The average Bonchev–Trinajstić information content (AvgIpc) is 3.17. The molecule has 0 aliphatic heterocycles. The summed E-state index contributed by atoms with van der Waals surface area (Å²) in [6.45, 7) is 0. The zero-order chi connectivity index (χ0) is 14.2. The number of aromatic nitrogens is 3. The Morgan fingerprint density at radius 3 is 2.67 bits per heavy atom. The Bertz CT molecular complexity index is 916. The van der Waals surface area contributed by atoms with Gasteiger partial charge in [-0.25, -0.2) is 0 Å². The summed E-state index contributed by atoms with van der Waals surface area (Å²) in [4.78, 5) is 9.13. The van der Waals surface area contributed by atoms with Gasteiger partial charge in [0.15, 0.2) is 0 Å². The Morgan fingerprint density at radius 1 is 1.10 bits per heavy atom. The van der Waals surface area contributed by atoms with Crippen LogP contribution in [-0.2, 0) is 0 Å². The second-order valence-electron chi connectivity index (χ2n) is 4.51. The number of aromatic hydroxyl groups is 1. The third-order valence-electron chi connectivity index (χ3n) is 3.17. The van der Waals surface area contributed by atoms with Gasteiger partial charge in [-0.15, -0.1) is 11.3 Å². The molecule has 5 nitrogen and oxygen atoms in total. The van der Waals surface area contributed by atoms with Crippen molar-refractivity contribution in [2.24, 2.45) is 0 Å². The van der Waals surface area contributed by atoms with Gasteiger partial charge in [-0.3, -0.25) is 4.98 Å². The van der Waals surface area contributed by atoms with Gasteiger partial charge in [0.05, 0.1) is 16.0 Å². The lowest BCUT2D eigenvalue weighted by atomic mass is 10.1. The van der Waals surface area contributed by atoms with Crippen LogP contribution in [0.25, 0.3) is 32.9 Å². The fourth-order valence-corrected chi connectivity index (χ4v) is 2.70. The summed E-state index contributed by atoms with van der Waals surface area (Å²) in [5.41, 5.74) is 2.23. The molecule has 0 aliphatic carbocycles. The molecule has 0 spiro atoms. The van der Waals surface area contributed by atoms with Crippen molar-refractivity contribution in [1.82, 2.24) is 15.1 Å². The van der Waals surface area contributed by atoms with Gasteiger partial charge in [0, 0.05) is 6.20 Å². The second-order valence-corrected chi connectivity index (χ2v) is 5.39. The van der Waals surface area contributed by atoms with Crippen molar-refractivity contribution in [3.8, 4) is 27.9 Å². The van der Waals surface area contributed by atoms with Crippen LogP contribution in [0.1, 0.15) is 0 Å². The molecule has 0 radical (unpaired) electrons. The van der Waals surface area contributed by atoms with E-state index in [1.807, 2.05) is 30.3 Å². The standard InChI is InChI=1S/C15H9N3O2S/c19-12-6-10-4-2-1-3-9(10)5-11(12)15-17-14(18-20-15)13-7-16-8-21-13/h1-8,19H. The highest BCUT2D eigenvalue weighted by molar-refractivity contribution is 7.13. The van der Waals surface area contributed by atoms with Crippen molar-refractivity contribution < 1.29 is 9.63 Å². The number of nitrogens with zero attached hydrogens (tertiary/aromatic N) is 3. The molecule has 21 heavy (non-hydrogen) atoms. The summed E-state index contributed by atoms with van der Waals surface area (Å²) >= 11 is 1.43. The molecule has 0 aliphatic rings. The van der Waals surface area contributed by atoms with E-state index in [1.165, 1.54) is 11.3 Å². The first kappa shape index (κ1) is 12.0. The lowest BCUT2D eigenvalue weighted by molar-refractivity contribution is 0.426. The monoisotopic (exact) mass is 295 g/mol. The van der Waals surface area contributed by atoms with Crippen LogP contribution in [-0.4, -0.2) is 20.2 Å². The molecule has 0 saturated carbocycles. The van der Waals surface area contributed by atoms with Gasteiger partial charge in [0.2, 0.25) is 5.82 Å². The van der Waals surface area contributed by atoms with Crippen molar-refractivity contribution in [2.45, 2.75) is 0 Å². The first-order chi connectivity index (χ1) is 10.3. The number of phenolic OH excluding ortho intramolecular Hbond substituents is 1. The highest BCUT2D eigenvalue weighted by atomic mass is 32.1. The molecule has 4 aromatic rings. The Balaban J connectivity index is 1.85. The average molecular weight is 295 g/mol. The molecule has 4 rings (SSSR count). The van der Waals surface area contributed by atoms with Gasteiger partial charge in [-0.2, -0.15) is 4.98 Å². The molecular formula is C15H9N3O2S. The van der Waals surface area contributed by atoms with Gasteiger partial charge in [0.1, 0.15) is 5.75 Å². The normalized spacial score (nSPS) is 11.0. The van der Waals surface area contributed by atoms with E-state index in [0.29, 0.717) is 17.3 Å². The maximum atomic E-state index is 10.2. The minimum Gasteiger partial charge on any atom is -0.507 e. The number of hydrogen-bond acceptors (Lipinski definition) is 6. The third kappa shape index (κ3) is 2.05. The minimum atomic E-state index is 0.119. The molecule has 0 bridgehead atoms. The molecule has 0 amide bonds. The smallest absolute Gasteiger partial charge is 0.262 e. The van der Waals surface area contributed by atoms with Gasteiger partial charge < -0.3 is 9.63 Å². The summed E-state index contributed by atoms with van der Waals surface area (Å²) in [7, 11) is 0. The van der Waals surface area contributed by atoms with E-state index in [-0.39, 0.29) is 5.75 Å². The van der Waals surface area contributed by atoms with Crippen LogP contribution in [0.4, 0.5) is 0 Å². The van der Waals surface area contributed by atoms with Crippen LogP contribution in [0.5, 0.6) is 5.75 Å². The maximum Gasteiger partial charge on any atom is 0.262 e. The quantitative estimate of drug-likeness (QED) is 0.610. The van der Waals surface area contributed by atoms with Gasteiger partial charge in [0.25, 0.3) is 5.89 Å². The molecule has 0 fully saturated rings. The Hall–Kier alpha value is -2.73. The number of phenols is 1. The first-order valence-electron chi connectivity index (χ1n) is 6.26. The first-order valence-corrected chi connectivity index (χ1v) is 7.14. The fraction of sp³-hybridized carbons (Fsp3) is 0. The van der Waals surface area contributed by atoms with E-state index < -0.39 is 0 Å². The Kier molecular flexibility index (Phi) is 2.68.